The van der Waals surface area contributed by atoms with Gasteiger partial charge in [0, 0.05) is 19.0 Å². The Bertz CT molecular complexity index is 627. The van der Waals surface area contributed by atoms with Gasteiger partial charge in [-0.3, -0.25) is 4.79 Å². The lowest BCUT2D eigenvalue weighted by Gasteiger charge is -2.30. The van der Waals surface area contributed by atoms with Crippen LogP contribution in [0.4, 0.5) is 0 Å². The van der Waals surface area contributed by atoms with E-state index in [2.05, 4.69) is 11.2 Å². The summed E-state index contributed by atoms with van der Waals surface area (Å²) < 4.78 is 26.3. The first-order valence-corrected chi connectivity index (χ1v) is 8.26. The van der Waals surface area contributed by atoms with E-state index in [0.717, 1.165) is 0 Å². The quantitative estimate of drug-likeness (QED) is 0.838. The molecule has 2 rings (SSSR count). The highest BCUT2D eigenvalue weighted by atomic mass is 32.2. The molecule has 0 aromatic heterocycles. The first-order valence-electron chi connectivity index (χ1n) is 6.82. The summed E-state index contributed by atoms with van der Waals surface area (Å²) >= 11 is 0. The van der Waals surface area contributed by atoms with Crippen molar-refractivity contribution < 1.29 is 13.2 Å². The molecule has 1 heterocycles. The van der Waals surface area contributed by atoms with Crippen molar-refractivity contribution >= 4 is 15.9 Å². The minimum atomic E-state index is -3.46. The van der Waals surface area contributed by atoms with Crippen LogP contribution in [0.25, 0.3) is 0 Å². The fourth-order valence-electron chi connectivity index (χ4n) is 2.38. The van der Waals surface area contributed by atoms with Gasteiger partial charge in [0.2, 0.25) is 15.9 Å². The molecule has 1 N–H and O–H groups in total. The predicted octanol–water partition coefficient (Wildman–Crippen LogP) is 0.837. The topological polar surface area (TPSA) is 66.5 Å². The molecule has 1 aliphatic heterocycles. The lowest BCUT2D eigenvalue weighted by Crippen LogP contribution is -2.43. The summed E-state index contributed by atoms with van der Waals surface area (Å²) in [5, 5.41) is 2.64. The minimum absolute atomic E-state index is 0.0929. The van der Waals surface area contributed by atoms with E-state index in [9.17, 15) is 13.2 Å². The number of piperidine rings is 1. The lowest BCUT2D eigenvalue weighted by atomic mass is 9.97. The first kappa shape index (κ1) is 15.5. The van der Waals surface area contributed by atoms with Crippen LogP contribution in [-0.4, -0.2) is 38.3 Å². The Labute approximate surface area is 125 Å². The molecule has 112 valence electrons. The number of hydrogen-bond acceptors (Lipinski definition) is 3. The van der Waals surface area contributed by atoms with Crippen molar-refractivity contribution in [3.8, 4) is 12.3 Å². The summed E-state index contributed by atoms with van der Waals surface area (Å²) in [4.78, 5) is 12.1. The van der Waals surface area contributed by atoms with Crippen LogP contribution in [0.3, 0.4) is 0 Å². The second-order valence-electron chi connectivity index (χ2n) is 4.91. The molecule has 5 nitrogen and oxygen atoms in total. The van der Waals surface area contributed by atoms with E-state index in [1.54, 1.807) is 30.3 Å². The standard InChI is InChI=1S/C15H18N2O3S/c1-2-10-16-15(18)13-8-11-17(12-9-13)21(19,20)14-6-4-3-5-7-14/h1,3-7,13H,8-12H2,(H,16,18). The molecule has 21 heavy (non-hydrogen) atoms. The van der Waals surface area contributed by atoms with E-state index >= 15 is 0 Å². The van der Waals surface area contributed by atoms with Gasteiger partial charge in [-0.25, -0.2) is 8.42 Å². The number of hydrogen-bond donors (Lipinski definition) is 1. The third-order valence-electron chi connectivity index (χ3n) is 3.57. The molecule has 0 unspecified atom stereocenters. The van der Waals surface area contributed by atoms with Crippen molar-refractivity contribution in [2.24, 2.45) is 5.92 Å². The Kier molecular flexibility index (Phi) is 4.99. The van der Waals surface area contributed by atoms with Gasteiger partial charge in [-0.05, 0) is 25.0 Å². The summed E-state index contributed by atoms with van der Waals surface area (Å²) in [5.41, 5.74) is 0. The Morgan fingerprint density at radius 3 is 2.48 bits per heavy atom. The molecule has 1 saturated heterocycles. The molecule has 1 fully saturated rings. The molecule has 1 aromatic carbocycles. The number of benzene rings is 1. The summed E-state index contributed by atoms with van der Waals surface area (Å²) in [6.45, 7) is 0.915. The highest BCUT2D eigenvalue weighted by Gasteiger charge is 2.31. The zero-order chi connectivity index (χ0) is 15.3. The summed E-state index contributed by atoms with van der Waals surface area (Å²) in [7, 11) is -3.46. The van der Waals surface area contributed by atoms with Crippen LogP contribution in [0, 0.1) is 18.3 Å². The number of rotatable bonds is 4. The molecule has 0 saturated carbocycles. The van der Waals surface area contributed by atoms with Crippen molar-refractivity contribution in [3.05, 3.63) is 30.3 Å². The van der Waals surface area contributed by atoms with E-state index in [-0.39, 0.29) is 18.4 Å². The maximum Gasteiger partial charge on any atom is 0.243 e. The Balaban J connectivity index is 1.98. The van der Waals surface area contributed by atoms with Crippen LogP contribution >= 0.6 is 0 Å². The molecule has 0 bridgehead atoms. The first-order chi connectivity index (χ1) is 10.1. The van der Waals surface area contributed by atoms with E-state index in [1.807, 2.05) is 0 Å². The largest absolute Gasteiger partial charge is 0.345 e. The molecular weight excluding hydrogens is 288 g/mol. The molecule has 6 heteroatoms. The lowest BCUT2D eigenvalue weighted by molar-refractivity contribution is -0.125. The van der Waals surface area contributed by atoms with Gasteiger partial charge in [0.1, 0.15) is 0 Å². The summed E-state index contributed by atoms with van der Waals surface area (Å²) in [6, 6.07) is 8.35. The molecule has 1 aromatic rings. The second-order valence-corrected chi connectivity index (χ2v) is 6.85. The highest BCUT2D eigenvalue weighted by Crippen LogP contribution is 2.23. The van der Waals surface area contributed by atoms with Crippen molar-refractivity contribution in [1.29, 1.82) is 0 Å². The maximum absolute atomic E-state index is 12.4. The van der Waals surface area contributed by atoms with E-state index < -0.39 is 10.0 Å². The normalized spacial score (nSPS) is 17.1. The summed E-state index contributed by atoms with van der Waals surface area (Å²) in [5.74, 6) is 2.09. The van der Waals surface area contributed by atoms with Gasteiger partial charge in [-0.1, -0.05) is 24.1 Å². The highest BCUT2D eigenvalue weighted by molar-refractivity contribution is 7.89. The zero-order valence-electron chi connectivity index (χ0n) is 11.7. The predicted molar refractivity (Wildman–Crippen MR) is 79.8 cm³/mol. The van der Waals surface area contributed by atoms with E-state index in [0.29, 0.717) is 30.8 Å². The van der Waals surface area contributed by atoms with Gasteiger partial charge in [-0.15, -0.1) is 6.42 Å². The molecule has 0 radical (unpaired) electrons. The van der Waals surface area contributed by atoms with E-state index in [4.69, 9.17) is 6.42 Å². The molecule has 0 aliphatic carbocycles. The van der Waals surface area contributed by atoms with Crippen LogP contribution in [0.1, 0.15) is 12.8 Å². The third kappa shape index (κ3) is 3.63. The van der Waals surface area contributed by atoms with E-state index in [1.165, 1.54) is 4.31 Å². The second kappa shape index (κ2) is 6.74. The Morgan fingerprint density at radius 2 is 1.90 bits per heavy atom. The Hall–Kier alpha value is -1.84. The fraction of sp³-hybridized carbons (Fsp3) is 0.400. The number of carbonyl (C=O) groups excluding carboxylic acids is 1. The van der Waals surface area contributed by atoms with Crippen molar-refractivity contribution in [1.82, 2.24) is 9.62 Å². The number of terminal acetylenes is 1. The monoisotopic (exact) mass is 306 g/mol. The van der Waals surface area contributed by atoms with Gasteiger partial charge in [0.25, 0.3) is 0 Å². The zero-order valence-corrected chi connectivity index (χ0v) is 12.5. The van der Waals surface area contributed by atoms with Gasteiger partial charge in [-0.2, -0.15) is 4.31 Å². The minimum Gasteiger partial charge on any atom is -0.345 e. The fourth-order valence-corrected chi connectivity index (χ4v) is 3.87. The van der Waals surface area contributed by atoms with Crippen molar-refractivity contribution in [2.75, 3.05) is 19.6 Å². The average molecular weight is 306 g/mol. The van der Waals surface area contributed by atoms with Gasteiger partial charge in [0.05, 0.1) is 11.4 Å². The smallest absolute Gasteiger partial charge is 0.243 e. The molecule has 1 aliphatic rings. The van der Waals surface area contributed by atoms with Gasteiger partial charge in [0.15, 0.2) is 0 Å². The Morgan fingerprint density at radius 1 is 1.29 bits per heavy atom. The van der Waals surface area contributed by atoms with Crippen LogP contribution in [0.2, 0.25) is 0 Å². The van der Waals surface area contributed by atoms with Crippen molar-refractivity contribution in [2.45, 2.75) is 17.7 Å². The van der Waals surface area contributed by atoms with Gasteiger partial charge < -0.3 is 5.32 Å². The molecular formula is C15H18N2O3S. The van der Waals surface area contributed by atoms with Crippen LogP contribution < -0.4 is 5.32 Å². The average Bonchev–Trinajstić information content (AvgIpc) is 2.53. The molecule has 1 amide bonds. The molecule has 0 spiro atoms. The number of sulfonamides is 1. The number of nitrogens with zero attached hydrogens (tertiary/aromatic N) is 1. The number of carbonyl (C=O) groups is 1. The number of amides is 1. The maximum atomic E-state index is 12.4. The van der Waals surface area contributed by atoms with Crippen LogP contribution in [-0.2, 0) is 14.8 Å². The number of nitrogens with one attached hydrogen (secondary N) is 1. The van der Waals surface area contributed by atoms with Crippen LogP contribution in [0.15, 0.2) is 35.2 Å². The summed E-state index contributed by atoms with van der Waals surface area (Å²) in [6.07, 6.45) is 6.13. The van der Waals surface area contributed by atoms with Crippen molar-refractivity contribution in [3.63, 3.8) is 0 Å². The SMILES string of the molecule is C#CCNC(=O)C1CCN(S(=O)(=O)c2ccccc2)CC1. The van der Waals surface area contributed by atoms with Crippen LogP contribution in [0.5, 0.6) is 0 Å². The van der Waals surface area contributed by atoms with Gasteiger partial charge >= 0.3 is 0 Å². The third-order valence-corrected chi connectivity index (χ3v) is 5.48. The molecule has 0 atom stereocenters.